The summed E-state index contributed by atoms with van der Waals surface area (Å²) in [5.74, 6) is 0.797. The quantitative estimate of drug-likeness (QED) is 0.897. The second-order valence-corrected chi connectivity index (χ2v) is 4.77. The minimum Gasteiger partial charge on any atom is -0.497 e. The first-order valence-corrected chi connectivity index (χ1v) is 6.45. The van der Waals surface area contributed by atoms with Crippen LogP contribution in [0.5, 0.6) is 5.75 Å². The van der Waals surface area contributed by atoms with Crippen molar-refractivity contribution in [2.75, 3.05) is 7.11 Å². The average Bonchev–Trinajstić information content (AvgIpc) is 2.90. The van der Waals surface area contributed by atoms with Gasteiger partial charge in [0.2, 0.25) is 5.91 Å². The molecule has 4 heteroatoms. The van der Waals surface area contributed by atoms with E-state index in [0.717, 1.165) is 16.2 Å². The van der Waals surface area contributed by atoms with Crippen LogP contribution in [0.25, 0.3) is 0 Å². The number of nitrogens with one attached hydrogen (secondary N) is 1. The third-order valence-electron chi connectivity index (χ3n) is 2.43. The maximum absolute atomic E-state index is 11.6. The van der Waals surface area contributed by atoms with E-state index >= 15 is 0 Å². The largest absolute Gasteiger partial charge is 0.497 e. The van der Waals surface area contributed by atoms with Gasteiger partial charge >= 0.3 is 0 Å². The Labute approximate surface area is 110 Å². The Bertz CT molecular complexity index is 491. The molecule has 1 heterocycles. The highest BCUT2D eigenvalue weighted by Crippen LogP contribution is 2.12. The first kappa shape index (κ1) is 12.6. The second-order valence-electron chi connectivity index (χ2n) is 3.74. The van der Waals surface area contributed by atoms with E-state index in [2.05, 4.69) is 5.32 Å². The van der Waals surface area contributed by atoms with Gasteiger partial charge in [0.25, 0.3) is 0 Å². The lowest BCUT2D eigenvalue weighted by Crippen LogP contribution is -2.22. The van der Waals surface area contributed by atoms with Gasteiger partial charge in [-0.1, -0.05) is 18.2 Å². The Morgan fingerprint density at radius 2 is 2.11 bits per heavy atom. The number of carbonyl (C=O) groups excluding carboxylic acids is 1. The second kappa shape index (κ2) is 6.21. The summed E-state index contributed by atoms with van der Waals surface area (Å²) in [7, 11) is 1.63. The van der Waals surface area contributed by atoms with Crippen molar-refractivity contribution in [2.24, 2.45) is 0 Å². The van der Waals surface area contributed by atoms with Gasteiger partial charge in [-0.05, 0) is 29.1 Å². The van der Waals surface area contributed by atoms with Crippen LogP contribution in [0, 0.1) is 6.54 Å². The molecule has 2 aromatic rings. The smallest absolute Gasteiger partial charge is 0.225 e. The molecular weight excluding hydrogens is 246 g/mol. The maximum atomic E-state index is 11.6. The minimum absolute atomic E-state index is 0.00623. The SMILES string of the molecule is COc1ccc([CH]NC(=O)Cc2cccs2)cc1. The van der Waals surface area contributed by atoms with Crippen molar-refractivity contribution in [3.8, 4) is 5.75 Å². The van der Waals surface area contributed by atoms with Crippen LogP contribution in [0.15, 0.2) is 41.8 Å². The van der Waals surface area contributed by atoms with Gasteiger partial charge in [0.05, 0.1) is 20.1 Å². The standard InChI is InChI=1S/C14H14NO2S/c1-17-12-6-4-11(5-7-12)10-15-14(16)9-13-3-2-8-18-13/h2-8,10H,9H2,1H3,(H,15,16). The van der Waals surface area contributed by atoms with Crippen molar-refractivity contribution in [1.29, 1.82) is 0 Å². The molecule has 1 N–H and O–H groups in total. The molecule has 0 atom stereocenters. The van der Waals surface area contributed by atoms with Gasteiger partial charge in [-0.3, -0.25) is 4.79 Å². The number of thiophene rings is 1. The van der Waals surface area contributed by atoms with Crippen molar-refractivity contribution in [1.82, 2.24) is 5.32 Å². The highest BCUT2D eigenvalue weighted by Gasteiger charge is 2.04. The van der Waals surface area contributed by atoms with Crippen molar-refractivity contribution in [3.63, 3.8) is 0 Å². The molecule has 2 rings (SSSR count). The highest BCUT2D eigenvalue weighted by molar-refractivity contribution is 7.10. The molecule has 1 radical (unpaired) electrons. The van der Waals surface area contributed by atoms with Gasteiger partial charge < -0.3 is 10.1 Å². The van der Waals surface area contributed by atoms with E-state index in [1.54, 1.807) is 25.0 Å². The molecule has 0 fully saturated rings. The van der Waals surface area contributed by atoms with Gasteiger partial charge in [-0.15, -0.1) is 11.3 Å². The Balaban J connectivity index is 1.81. The molecule has 0 saturated heterocycles. The number of methoxy groups -OCH3 is 1. The van der Waals surface area contributed by atoms with Gasteiger partial charge in [-0.2, -0.15) is 0 Å². The summed E-state index contributed by atoms with van der Waals surface area (Å²) >= 11 is 1.59. The Morgan fingerprint density at radius 1 is 1.33 bits per heavy atom. The third kappa shape index (κ3) is 3.60. The predicted octanol–water partition coefficient (Wildman–Crippen LogP) is 2.63. The van der Waals surface area contributed by atoms with E-state index in [4.69, 9.17) is 4.74 Å². The molecule has 93 valence electrons. The van der Waals surface area contributed by atoms with E-state index in [0.29, 0.717) is 6.42 Å². The van der Waals surface area contributed by atoms with E-state index in [1.165, 1.54) is 0 Å². The van der Waals surface area contributed by atoms with E-state index < -0.39 is 0 Å². The number of amides is 1. The van der Waals surface area contributed by atoms with Crippen LogP contribution >= 0.6 is 11.3 Å². The van der Waals surface area contributed by atoms with Crippen molar-refractivity contribution in [3.05, 3.63) is 58.8 Å². The first-order chi connectivity index (χ1) is 8.78. The molecule has 0 saturated carbocycles. The van der Waals surface area contributed by atoms with Gasteiger partial charge in [0.15, 0.2) is 0 Å². The van der Waals surface area contributed by atoms with Crippen molar-refractivity contribution in [2.45, 2.75) is 6.42 Å². The fourth-order valence-corrected chi connectivity index (χ4v) is 2.19. The average molecular weight is 260 g/mol. The summed E-state index contributed by atoms with van der Waals surface area (Å²) in [6, 6.07) is 11.4. The van der Waals surface area contributed by atoms with Crippen molar-refractivity contribution < 1.29 is 9.53 Å². The molecule has 0 aliphatic rings. The molecule has 1 aromatic carbocycles. The van der Waals surface area contributed by atoms with E-state index in [9.17, 15) is 4.79 Å². The number of ether oxygens (including phenoxy) is 1. The van der Waals surface area contributed by atoms with Crippen LogP contribution in [0.2, 0.25) is 0 Å². The van der Waals surface area contributed by atoms with Crippen LogP contribution < -0.4 is 10.1 Å². The Hall–Kier alpha value is -1.81. The molecule has 0 unspecified atom stereocenters. The number of hydrogen-bond donors (Lipinski definition) is 1. The summed E-state index contributed by atoms with van der Waals surface area (Å²) in [6.07, 6.45) is 0.421. The lowest BCUT2D eigenvalue weighted by Gasteiger charge is -2.05. The lowest BCUT2D eigenvalue weighted by atomic mass is 10.2. The van der Waals surface area contributed by atoms with Gasteiger partial charge in [0.1, 0.15) is 5.75 Å². The molecule has 1 amide bonds. The van der Waals surface area contributed by atoms with Crippen molar-refractivity contribution >= 4 is 17.2 Å². The fraction of sp³-hybridized carbons (Fsp3) is 0.143. The molecule has 18 heavy (non-hydrogen) atoms. The summed E-state index contributed by atoms with van der Waals surface area (Å²) in [5, 5.41) is 4.74. The Morgan fingerprint density at radius 3 is 2.72 bits per heavy atom. The zero-order valence-electron chi connectivity index (χ0n) is 10.1. The topological polar surface area (TPSA) is 38.3 Å². The third-order valence-corrected chi connectivity index (χ3v) is 3.31. The summed E-state index contributed by atoms with van der Waals surface area (Å²) in [6.45, 7) is 1.70. The number of rotatable bonds is 5. The number of hydrogen-bond acceptors (Lipinski definition) is 3. The molecule has 0 spiro atoms. The Kier molecular flexibility index (Phi) is 4.36. The first-order valence-electron chi connectivity index (χ1n) is 5.57. The molecule has 1 aromatic heterocycles. The normalized spacial score (nSPS) is 10.1. The van der Waals surface area contributed by atoms with Crippen LogP contribution in [-0.2, 0) is 11.2 Å². The van der Waals surface area contributed by atoms with E-state index in [1.807, 2.05) is 41.8 Å². The summed E-state index contributed by atoms with van der Waals surface area (Å²) < 4.78 is 5.07. The summed E-state index contributed by atoms with van der Waals surface area (Å²) in [5.41, 5.74) is 0.940. The van der Waals surface area contributed by atoms with Crippen LogP contribution in [-0.4, -0.2) is 13.0 Å². The number of benzene rings is 1. The molecule has 0 bridgehead atoms. The lowest BCUT2D eigenvalue weighted by molar-refractivity contribution is -0.119. The molecular formula is C14H14NO2S. The zero-order valence-corrected chi connectivity index (χ0v) is 10.9. The van der Waals surface area contributed by atoms with E-state index in [-0.39, 0.29) is 5.91 Å². The minimum atomic E-state index is -0.00623. The monoisotopic (exact) mass is 260 g/mol. The molecule has 0 aliphatic carbocycles. The maximum Gasteiger partial charge on any atom is 0.225 e. The van der Waals surface area contributed by atoms with Crippen LogP contribution in [0.4, 0.5) is 0 Å². The number of carbonyl (C=O) groups is 1. The van der Waals surface area contributed by atoms with Crippen LogP contribution in [0.1, 0.15) is 10.4 Å². The van der Waals surface area contributed by atoms with Gasteiger partial charge in [-0.25, -0.2) is 0 Å². The summed E-state index contributed by atoms with van der Waals surface area (Å²) in [4.78, 5) is 12.7. The fourth-order valence-electron chi connectivity index (χ4n) is 1.49. The highest BCUT2D eigenvalue weighted by atomic mass is 32.1. The molecule has 3 nitrogen and oxygen atoms in total. The van der Waals surface area contributed by atoms with Gasteiger partial charge in [0, 0.05) is 4.88 Å². The van der Waals surface area contributed by atoms with Crippen LogP contribution in [0.3, 0.4) is 0 Å². The predicted molar refractivity (Wildman–Crippen MR) is 72.6 cm³/mol. The molecule has 0 aliphatic heterocycles. The zero-order chi connectivity index (χ0) is 12.8.